The molecule has 0 aliphatic rings. The summed E-state index contributed by atoms with van der Waals surface area (Å²) in [5, 5.41) is 10.3. The summed E-state index contributed by atoms with van der Waals surface area (Å²) in [6, 6.07) is 0. The number of unbranched alkanes of at least 4 members (excludes halogenated alkanes) is 23. The maximum atomic E-state index is 10.3. The van der Waals surface area contributed by atoms with Crippen LogP contribution in [0.3, 0.4) is 0 Å². The number of aliphatic carboxylic acids is 1. The van der Waals surface area contributed by atoms with Crippen LogP contribution in [0.25, 0.3) is 0 Å². The maximum absolute atomic E-state index is 10.3. The minimum absolute atomic E-state index is 0. The Morgan fingerprint density at radius 3 is 0.833 bits per heavy atom. The van der Waals surface area contributed by atoms with Gasteiger partial charge in [-0.25, -0.2) is 0 Å². The zero-order valence-corrected chi connectivity index (χ0v) is 21.0. The number of carboxylic acid groups (broad SMARTS) is 1. The Hall–Kier alpha value is 0.0674. The van der Waals surface area contributed by atoms with Crippen molar-refractivity contribution in [3.05, 3.63) is 0 Å². The second-order valence-electron chi connectivity index (χ2n) is 9.25. The number of carbonyl (C=O) groups excluding carboxylic acids is 1. The molecule has 0 amide bonds. The van der Waals surface area contributed by atoms with E-state index in [1.165, 1.54) is 141 Å². The average molecular weight is 417 g/mol. The van der Waals surface area contributed by atoms with Gasteiger partial charge in [0.1, 0.15) is 0 Å². The van der Waals surface area contributed by atoms with E-state index in [0.29, 0.717) is 0 Å². The Bertz CT molecular complexity index is 320. The van der Waals surface area contributed by atoms with E-state index in [1.54, 1.807) is 0 Å². The van der Waals surface area contributed by atoms with Crippen LogP contribution in [0.5, 0.6) is 0 Å². The first-order chi connectivity index (χ1) is 14.3. The van der Waals surface area contributed by atoms with E-state index in [9.17, 15) is 9.90 Å². The SMILES string of the molecule is CCCCCCCCCCCCCCCCCCCCCCCCCCC(=O)[O-].[Li+]. The molecule has 0 saturated heterocycles. The summed E-state index contributed by atoms with van der Waals surface area (Å²) in [6.07, 6.45) is 33.2. The van der Waals surface area contributed by atoms with Gasteiger partial charge in [-0.05, 0) is 12.8 Å². The molecule has 0 unspecified atom stereocenters. The molecule has 0 aromatic heterocycles. The molecule has 0 aromatic rings. The van der Waals surface area contributed by atoms with Crippen LogP contribution >= 0.6 is 0 Å². The molecule has 0 aliphatic heterocycles. The van der Waals surface area contributed by atoms with Gasteiger partial charge in [0.25, 0.3) is 0 Å². The summed E-state index contributed by atoms with van der Waals surface area (Å²) in [7, 11) is 0. The first kappa shape index (κ1) is 32.2. The van der Waals surface area contributed by atoms with Crippen LogP contribution in [-0.4, -0.2) is 5.97 Å². The van der Waals surface area contributed by atoms with Crippen molar-refractivity contribution in [3.63, 3.8) is 0 Å². The molecule has 0 saturated carbocycles. The molecule has 0 heterocycles. The van der Waals surface area contributed by atoms with Crippen molar-refractivity contribution in [2.45, 2.75) is 167 Å². The zero-order chi connectivity index (χ0) is 21.3. The zero-order valence-electron chi connectivity index (χ0n) is 21.0. The van der Waals surface area contributed by atoms with Gasteiger partial charge in [-0.2, -0.15) is 0 Å². The number of hydrogen-bond acceptors (Lipinski definition) is 2. The van der Waals surface area contributed by atoms with E-state index in [4.69, 9.17) is 0 Å². The van der Waals surface area contributed by atoms with Crippen LogP contribution in [0, 0.1) is 0 Å². The molecular formula is C27H53LiO2. The Labute approximate surface area is 201 Å². The number of hydrogen-bond donors (Lipinski definition) is 0. The molecule has 3 heteroatoms. The molecular weight excluding hydrogens is 363 g/mol. The Kier molecular flexibility index (Phi) is 31.2. The molecule has 0 atom stereocenters. The van der Waals surface area contributed by atoms with Gasteiger partial charge < -0.3 is 9.90 Å². The third-order valence-electron chi connectivity index (χ3n) is 6.23. The predicted molar refractivity (Wildman–Crippen MR) is 126 cm³/mol. The summed E-state index contributed by atoms with van der Waals surface area (Å²) in [4.78, 5) is 10.3. The number of rotatable bonds is 25. The molecule has 174 valence electrons. The van der Waals surface area contributed by atoms with Crippen molar-refractivity contribution >= 4 is 5.97 Å². The molecule has 0 spiro atoms. The van der Waals surface area contributed by atoms with Crippen molar-refractivity contribution in [2.24, 2.45) is 0 Å². The Balaban J connectivity index is 0. The van der Waals surface area contributed by atoms with Gasteiger partial charge in [0.2, 0.25) is 0 Å². The van der Waals surface area contributed by atoms with Crippen LogP contribution in [-0.2, 0) is 4.79 Å². The predicted octanol–water partition coefficient (Wildman–Crippen LogP) is 5.51. The van der Waals surface area contributed by atoms with Gasteiger partial charge in [-0.3, -0.25) is 0 Å². The molecule has 0 bridgehead atoms. The van der Waals surface area contributed by atoms with E-state index in [0.717, 1.165) is 12.8 Å². The normalized spacial score (nSPS) is 10.8. The van der Waals surface area contributed by atoms with Gasteiger partial charge in [0.05, 0.1) is 0 Å². The monoisotopic (exact) mass is 416 g/mol. The summed E-state index contributed by atoms with van der Waals surface area (Å²) in [5.74, 6) is -0.899. The summed E-state index contributed by atoms with van der Waals surface area (Å²) >= 11 is 0. The maximum Gasteiger partial charge on any atom is 1.00 e. The fraction of sp³-hybridized carbons (Fsp3) is 0.963. The molecule has 0 N–H and O–H groups in total. The second kappa shape index (κ2) is 29.1. The summed E-state index contributed by atoms with van der Waals surface area (Å²) in [6.45, 7) is 2.29. The van der Waals surface area contributed by atoms with Crippen LogP contribution in [0.1, 0.15) is 167 Å². The molecule has 0 rings (SSSR count). The van der Waals surface area contributed by atoms with Gasteiger partial charge in [0.15, 0.2) is 0 Å². The molecule has 2 nitrogen and oxygen atoms in total. The van der Waals surface area contributed by atoms with Crippen molar-refractivity contribution < 1.29 is 28.8 Å². The summed E-state index contributed by atoms with van der Waals surface area (Å²) < 4.78 is 0. The molecule has 0 aromatic carbocycles. The van der Waals surface area contributed by atoms with Gasteiger partial charge in [-0.1, -0.05) is 155 Å². The van der Waals surface area contributed by atoms with E-state index in [1.807, 2.05) is 0 Å². The fourth-order valence-electron chi connectivity index (χ4n) is 4.23. The van der Waals surface area contributed by atoms with Gasteiger partial charge >= 0.3 is 18.9 Å². The molecule has 0 fully saturated rings. The van der Waals surface area contributed by atoms with E-state index in [2.05, 4.69) is 6.92 Å². The minimum atomic E-state index is -0.899. The Morgan fingerprint density at radius 1 is 0.433 bits per heavy atom. The van der Waals surface area contributed by atoms with Crippen molar-refractivity contribution in [2.75, 3.05) is 0 Å². The van der Waals surface area contributed by atoms with Crippen LogP contribution in [0.2, 0.25) is 0 Å². The largest absolute Gasteiger partial charge is 1.00 e. The minimum Gasteiger partial charge on any atom is -0.550 e. The smallest absolute Gasteiger partial charge is 0.550 e. The van der Waals surface area contributed by atoms with Crippen LogP contribution in [0.4, 0.5) is 0 Å². The molecule has 30 heavy (non-hydrogen) atoms. The summed E-state index contributed by atoms with van der Waals surface area (Å²) in [5.41, 5.74) is 0. The first-order valence-electron chi connectivity index (χ1n) is 13.5. The first-order valence-corrected chi connectivity index (χ1v) is 13.5. The number of carbonyl (C=O) groups is 1. The van der Waals surface area contributed by atoms with Crippen molar-refractivity contribution in [1.82, 2.24) is 0 Å². The van der Waals surface area contributed by atoms with Crippen molar-refractivity contribution in [3.8, 4) is 0 Å². The fourth-order valence-corrected chi connectivity index (χ4v) is 4.23. The van der Waals surface area contributed by atoms with Gasteiger partial charge in [-0.15, -0.1) is 0 Å². The van der Waals surface area contributed by atoms with Gasteiger partial charge in [0, 0.05) is 5.97 Å². The van der Waals surface area contributed by atoms with Crippen LogP contribution < -0.4 is 24.0 Å². The Morgan fingerprint density at radius 2 is 0.633 bits per heavy atom. The molecule has 0 radical (unpaired) electrons. The quantitative estimate of drug-likeness (QED) is 0.145. The topological polar surface area (TPSA) is 40.1 Å². The third-order valence-corrected chi connectivity index (χ3v) is 6.23. The van der Waals surface area contributed by atoms with Crippen molar-refractivity contribution in [1.29, 1.82) is 0 Å². The second-order valence-corrected chi connectivity index (χ2v) is 9.25. The average Bonchev–Trinajstić information content (AvgIpc) is 2.71. The van der Waals surface area contributed by atoms with E-state index < -0.39 is 5.97 Å². The third kappa shape index (κ3) is 30.3. The standard InChI is InChI=1S/C27H54O2.Li/c1-2-3-4-5-6-7-8-9-10-11-12-13-14-15-16-17-18-19-20-21-22-23-24-25-26-27(28)29;/h2-26H2,1H3,(H,28,29);/q;+1/p-1. The number of carboxylic acids is 1. The van der Waals surface area contributed by atoms with E-state index >= 15 is 0 Å². The molecule has 0 aliphatic carbocycles. The van der Waals surface area contributed by atoms with E-state index in [-0.39, 0.29) is 25.3 Å². The van der Waals surface area contributed by atoms with Crippen LogP contribution in [0.15, 0.2) is 0 Å².